The van der Waals surface area contributed by atoms with Crippen molar-refractivity contribution in [3.8, 4) is 22.9 Å². The molecule has 0 saturated carbocycles. The fourth-order valence-electron chi connectivity index (χ4n) is 2.93. The first-order valence-electron chi connectivity index (χ1n) is 7.70. The smallest absolute Gasteiger partial charge is 0.146 e. The van der Waals surface area contributed by atoms with Gasteiger partial charge in [-0.15, -0.1) is 0 Å². The lowest BCUT2D eigenvalue weighted by molar-refractivity contribution is 0.162. The van der Waals surface area contributed by atoms with E-state index in [0.29, 0.717) is 10.7 Å². The molecule has 0 unspecified atom stereocenters. The number of benzene rings is 1. The number of rotatable bonds is 3. The van der Waals surface area contributed by atoms with Gasteiger partial charge in [-0.1, -0.05) is 11.6 Å². The Balaban J connectivity index is 2.06. The number of nitriles is 1. The monoisotopic (exact) mass is 330 g/mol. The Labute approximate surface area is 140 Å². The van der Waals surface area contributed by atoms with Crippen molar-refractivity contribution in [3.05, 3.63) is 34.6 Å². The molecule has 0 amide bonds. The predicted molar refractivity (Wildman–Crippen MR) is 89.6 cm³/mol. The number of halogens is 1. The van der Waals surface area contributed by atoms with Gasteiger partial charge in [0.05, 0.1) is 6.20 Å². The van der Waals surface area contributed by atoms with Crippen LogP contribution in [-0.2, 0) is 7.05 Å². The summed E-state index contributed by atoms with van der Waals surface area (Å²) in [4.78, 5) is 0. The van der Waals surface area contributed by atoms with Crippen molar-refractivity contribution in [1.82, 2.24) is 15.1 Å². The minimum Gasteiger partial charge on any atom is -0.489 e. The zero-order valence-electron chi connectivity index (χ0n) is 13.3. The van der Waals surface area contributed by atoms with Gasteiger partial charge < -0.3 is 10.1 Å². The van der Waals surface area contributed by atoms with Gasteiger partial charge in [-0.2, -0.15) is 10.4 Å². The van der Waals surface area contributed by atoms with Crippen LogP contribution in [0.5, 0.6) is 5.75 Å². The molecule has 2 aromatic rings. The molecule has 1 aliphatic heterocycles. The van der Waals surface area contributed by atoms with Crippen molar-refractivity contribution in [2.75, 3.05) is 13.1 Å². The van der Waals surface area contributed by atoms with Crippen LogP contribution in [0.3, 0.4) is 0 Å². The highest BCUT2D eigenvalue weighted by Crippen LogP contribution is 2.38. The quantitative estimate of drug-likeness (QED) is 0.939. The fraction of sp³-hybridized carbons (Fsp3) is 0.412. The number of hydrogen-bond acceptors (Lipinski definition) is 4. The molecule has 5 nitrogen and oxygen atoms in total. The van der Waals surface area contributed by atoms with E-state index in [0.717, 1.165) is 48.4 Å². The summed E-state index contributed by atoms with van der Waals surface area (Å²) < 4.78 is 7.86. The molecule has 0 bridgehead atoms. The molecule has 1 saturated heterocycles. The maximum absolute atomic E-state index is 9.41. The lowest BCUT2D eigenvalue weighted by Crippen LogP contribution is -2.34. The number of aryl methyl sites for hydroxylation is 2. The third-order valence-corrected chi connectivity index (χ3v) is 4.36. The molecule has 1 aromatic carbocycles. The molecular formula is C17H19ClN4O. The van der Waals surface area contributed by atoms with E-state index < -0.39 is 0 Å². The average molecular weight is 331 g/mol. The second-order valence-electron chi connectivity index (χ2n) is 5.81. The Morgan fingerprint density at radius 2 is 2.09 bits per heavy atom. The van der Waals surface area contributed by atoms with Crippen molar-refractivity contribution in [3.63, 3.8) is 0 Å². The van der Waals surface area contributed by atoms with Crippen LogP contribution in [0, 0.1) is 18.3 Å². The van der Waals surface area contributed by atoms with Gasteiger partial charge >= 0.3 is 0 Å². The van der Waals surface area contributed by atoms with Crippen LogP contribution in [0.25, 0.3) is 11.1 Å². The minimum atomic E-state index is 0.178. The second kappa shape index (κ2) is 6.61. The Morgan fingerprint density at radius 3 is 2.78 bits per heavy atom. The number of ether oxygens (including phenoxy) is 1. The Bertz CT molecular complexity index is 757. The second-order valence-corrected chi connectivity index (χ2v) is 6.25. The molecule has 1 fully saturated rings. The number of hydrogen-bond donors (Lipinski definition) is 1. The Morgan fingerprint density at radius 1 is 1.35 bits per heavy atom. The molecule has 23 heavy (non-hydrogen) atoms. The first-order valence-corrected chi connectivity index (χ1v) is 8.08. The highest BCUT2D eigenvalue weighted by molar-refractivity contribution is 6.31. The molecule has 0 spiro atoms. The number of piperidine rings is 1. The van der Waals surface area contributed by atoms with Crippen LogP contribution < -0.4 is 10.1 Å². The molecule has 1 aliphatic rings. The first kappa shape index (κ1) is 15.9. The molecule has 0 aliphatic carbocycles. The molecule has 120 valence electrons. The summed E-state index contributed by atoms with van der Waals surface area (Å²) in [5.74, 6) is 0.797. The van der Waals surface area contributed by atoms with Gasteiger partial charge in [-0.3, -0.25) is 4.68 Å². The molecule has 0 atom stereocenters. The largest absolute Gasteiger partial charge is 0.489 e. The van der Waals surface area contributed by atoms with Gasteiger partial charge in [0.2, 0.25) is 0 Å². The molecule has 2 heterocycles. The van der Waals surface area contributed by atoms with Crippen LogP contribution in [0.1, 0.15) is 24.1 Å². The van der Waals surface area contributed by atoms with Gasteiger partial charge in [0.25, 0.3) is 0 Å². The first-order chi connectivity index (χ1) is 11.1. The highest BCUT2D eigenvalue weighted by atomic mass is 35.5. The fourth-order valence-corrected chi connectivity index (χ4v) is 3.21. The van der Waals surface area contributed by atoms with Gasteiger partial charge in [0.15, 0.2) is 0 Å². The molecule has 3 rings (SSSR count). The molecule has 0 radical (unpaired) electrons. The lowest BCUT2D eigenvalue weighted by Gasteiger charge is -2.26. The van der Waals surface area contributed by atoms with E-state index in [2.05, 4.69) is 16.5 Å². The summed E-state index contributed by atoms with van der Waals surface area (Å²) in [6.45, 7) is 3.90. The van der Waals surface area contributed by atoms with E-state index in [4.69, 9.17) is 16.3 Å². The van der Waals surface area contributed by atoms with Crippen LogP contribution in [0.4, 0.5) is 0 Å². The molecule has 1 N–H and O–H groups in total. The van der Waals surface area contributed by atoms with Gasteiger partial charge in [-0.05, 0) is 50.6 Å². The summed E-state index contributed by atoms with van der Waals surface area (Å²) in [7, 11) is 1.76. The third-order valence-electron chi connectivity index (χ3n) is 4.14. The summed E-state index contributed by atoms with van der Waals surface area (Å²) in [5.41, 5.74) is 3.06. The van der Waals surface area contributed by atoms with Gasteiger partial charge in [-0.25, -0.2) is 0 Å². The zero-order valence-corrected chi connectivity index (χ0v) is 14.0. The number of nitrogens with one attached hydrogen (secondary N) is 1. The van der Waals surface area contributed by atoms with Crippen LogP contribution in [0.2, 0.25) is 5.02 Å². The maximum atomic E-state index is 9.41. The average Bonchev–Trinajstić information content (AvgIpc) is 2.91. The molecule has 6 heteroatoms. The van der Waals surface area contributed by atoms with Crippen molar-refractivity contribution < 1.29 is 4.74 Å². The van der Waals surface area contributed by atoms with E-state index in [1.807, 2.05) is 19.1 Å². The van der Waals surface area contributed by atoms with Crippen molar-refractivity contribution >= 4 is 11.6 Å². The lowest BCUT2D eigenvalue weighted by atomic mass is 10.0. The SMILES string of the molecule is Cc1cc(Cl)cc(-c2cnn(C)c2C#N)c1OC1CCNCC1. The van der Waals surface area contributed by atoms with Crippen LogP contribution >= 0.6 is 11.6 Å². The van der Waals surface area contributed by atoms with Gasteiger partial charge in [0.1, 0.15) is 23.6 Å². The summed E-state index contributed by atoms with van der Waals surface area (Å²) in [6.07, 6.45) is 3.82. The predicted octanol–water partition coefficient (Wildman–Crippen LogP) is 3.05. The van der Waals surface area contributed by atoms with Crippen molar-refractivity contribution in [2.45, 2.75) is 25.9 Å². The standard InChI is InChI=1S/C17H19ClN4O/c1-11-7-12(18)8-14(15-10-21-22(2)16(15)9-19)17(11)23-13-3-5-20-6-4-13/h7-8,10,13,20H,3-6H2,1-2H3. The molecule has 1 aromatic heterocycles. The molecular weight excluding hydrogens is 312 g/mol. The van der Waals surface area contributed by atoms with Crippen LogP contribution in [0.15, 0.2) is 18.3 Å². The summed E-state index contributed by atoms with van der Waals surface area (Å²) >= 11 is 6.24. The topological polar surface area (TPSA) is 62.9 Å². The summed E-state index contributed by atoms with van der Waals surface area (Å²) in [5, 5.41) is 17.6. The van der Waals surface area contributed by atoms with Crippen molar-refractivity contribution in [1.29, 1.82) is 5.26 Å². The van der Waals surface area contributed by atoms with Gasteiger partial charge in [0, 0.05) is 23.2 Å². The summed E-state index contributed by atoms with van der Waals surface area (Å²) in [6, 6.07) is 5.95. The number of nitrogens with zero attached hydrogens (tertiary/aromatic N) is 3. The Kier molecular flexibility index (Phi) is 4.56. The van der Waals surface area contributed by atoms with Crippen molar-refractivity contribution in [2.24, 2.45) is 7.05 Å². The number of aromatic nitrogens is 2. The Hall–Kier alpha value is -2.03. The highest BCUT2D eigenvalue weighted by Gasteiger charge is 2.21. The van der Waals surface area contributed by atoms with E-state index in [1.165, 1.54) is 0 Å². The zero-order chi connectivity index (χ0) is 16.4. The normalized spacial score (nSPS) is 15.4. The minimum absolute atomic E-state index is 0.178. The van der Waals surface area contributed by atoms with E-state index in [-0.39, 0.29) is 6.10 Å². The van der Waals surface area contributed by atoms with Crippen LogP contribution in [-0.4, -0.2) is 29.0 Å². The van der Waals surface area contributed by atoms with E-state index in [1.54, 1.807) is 17.9 Å². The van der Waals surface area contributed by atoms with E-state index >= 15 is 0 Å². The maximum Gasteiger partial charge on any atom is 0.146 e. The third kappa shape index (κ3) is 3.19. The van der Waals surface area contributed by atoms with E-state index in [9.17, 15) is 5.26 Å².